The van der Waals surface area contributed by atoms with Gasteiger partial charge in [-0.05, 0) is 19.8 Å². The highest BCUT2D eigenvalue weighted by Crippen LogP contribution is 2.10. The maximum Gasteiger partial charge on any atom is 0.308 e. The van der Waals surface area contributed by atoms with Crippen LogP contribution in [0.4, 0.5) is 0 Å². The molecular formula is C14H29NO4. The Labute approximate surface area is 116 Å². The van der Waals surface area contributed by atoms with Crippen molar-refractivity contribution < 1.29 is 19.0 Å². The molecule has 19 heavy (non-hydrogen) atoms. The lowest BCUT2D eigenvalue weighted by molar-refractivity contribution is -0.148. The van der Waals surface area contributed by atoms with Crippen LogP contribution in [-0.4, -0.2) is 45.5 Å². The number of rotatable bonds is 12. The van der Waals surface area contributed by atoms with Gasteiger partial charge in [-0.25, -0.2) is 0 Å². The van der Waals surface area contributed by atoms with Crippen molar-refractivity contribution >= 4 is 5.97 Å². The lowest BCUT2D eigenvalue weighted by Gasteiger charge is -2.12. The largest absolute Gasteiger partial charge is 0.465 e. The fourth-order valence-corrected chi connectivity index (χ4v) is 1.58. The van der Waals surface area contributed by atoms with E-state index in [9.17, 15) is 4.79 Å². The summed E-state index contributed by atoms with van der Waals surface area (Å²) in [4.78, 5) is 11.6. The maximum atomic E-state index is 11.6. The summed E-state index contributed by atoms with van der Waals surface area (Å²) < 4.78 is 15.3. The minimum Gasteiger partial charge on any atom is -0.465 e. The molecule has 0 saturated heterocycles. The number of ether oxygens (including phenoxy) is 3. The second-order valence-electron chi connectivity index (χ2n) is 4.94. The summed E-state index contributed by atoms with van der Waals surface area (Å²) >= 11 is 0. The highest BCUT2D eigenvalue weighted by atomic mass is 16.5. The molecular weight excluding hydrogens is 246 g/mol. The number of nitrogens with two attached hydrogens (primary N) is 1. The number of carbonyl (C=O) groups excluding carboxylic acids is 1. The zero-order valence-corrected chi connectivity index (χ0v) is 12.5. The molecule has 0 amide bonds. The molecule has 5 heteroatoms. The first-order chi connectivity index (χ1) is 9.07. The van der Waals surface area contributed by atoms with Crippen LogP contribution in [0.1, 0.15) is 39.5 Å². The third-order valence-electron chi connectivity index (χ3n) is 2.81. The first-order valence-corrected chi connectivity index (χ1v) is 7.06. The van der Waals surface area contributed by atoms with Gasteiger partial charge in [-0.3, -0.25) is 4.79 Å². The van der Waals surface area contributed by atoms with Crippen LogP contribution in [-0.2, 0) is 19.0 Å². The van der Waals surface area contributed by atoms with Crippen LogP contribution >= 0.6 is 0 Å². The van der Waals surface area contributed by atoms with Gasteiger partial charge in [0, 0.05) is 26.2 Å². The molecule has 0 fully saturated rings. The van der Waals surface area contributed by atoms with Gasteiger partial charge >= 0.3 is 5.97 Å². The van der Waals surface area contributed by atoms with E-state index in [0.717, 1.165) is 25.7 Å². The van der Waals surface area contributed by atoms with Gasteiger partial charge in [0.05, 0.1) is 25.7 Å². The van der Waals surface area contributed by atoms with E-state index in [1.807, 2.05) is 13.8 Å². The number of hydrogen-bond donors (Lipinski definition) is 1. The van der Waals surface area contributed by atoms with Crippen molar-refractivity contribution in [3.8, 4) is 0 Å². The summed E-state index contributed by atoms with van der Waals surface area (Å²) in [5.41, 5.74) is 5.66. The molecule has 0 aromatic rings. The third kappa shape index (κ3) is 12.1. The quantitative estimate of drug-likeness (QED) is 0.434. The Morgan fingerprint density at radius 3 is 2.42 bits per heavy atom. The van der Waals surface area contributed by atoms with Crippen LogP contribution in [0.2, 0.25) is 0 Å². The summed E-state index contributed by atoms with van der Waals surface area (Å²) in [6.07, 6.45) is 3.48. The van der Waals surface area contributed by atoms with Crippen LogP contribution in [0, 0.1) is 5.92 Å². The first-order valence-electron chi connectivity index (χ1n) is 7.06. The fourth-order valence-electron chi connectivity index (χ4n) is 1.58. The molecule has 0 aliphatic heterocycles. The van der Waals surface area contributed by atoms with Gasteiger partial charge in [-0.15, -0.1) is 0 Å². The molecule has 2 N–H and O–H groups in total. The fraction of sp³-hybridized carbons (Fsp3) is 0.929. The topological polar surface area (TPSA) is 70.8 Å². The summed E-state index contributed by atoms with van der Waals surface area (Å²) in [6, 6.07) is 0.201. The Balaban J connectivity index is 3.41. The van der Waals surface area contributed by atoms with Crippen LogP contribution in [0.5, 0.6) is 0 Å². The molecule has 0 heterocycles. The monoisotopic (exact) mass is 275 g/mol. The van der Waals surface area contributed by atoms with Gasteiger partial charge in [0.1, 0.15) is 0 Å². The second-order valence-corrected chi connectivity index (χ2v) is 4.94. The van der Waals surface area contributed by atoms with Crippen molar-refractivity contribution in [1.82, 2.24) is 0 Å². The predicted octanol–water partition coefficient (Wildman–Crippen LogP) is 1.74. The van der Waals surface area contributed by atoms with Gasteiger partial charge in [-0.2, -0.15) is 0 Å². The minimum absolute atomic E-state index is 0.0480. The van der Waals surface area contributed by atoms with Crippen molar-refractivity contribution in [2.45, 2.75) is 45.6 Å². The van der Waals surface area contributed by atoms with Gasteiger partial charge in [0.15, 0.2) is 0 Å². The first kappa shape index (κ1) is 18.4. The molecule has 0 aromatic carbocycles. The molecule has 0 radical (unpaired) electrons. The van der Waals surface area contributed by atoms with Gasteiger partial charge < -0.3 is 19.9 Å². The van der Waals surface area contributed by atoms with Crippen LogP contribution in [0.25, 0.3) is 0 Å². The molecule has 2 atom stereocenters. The Kier molecular flexibility index (Phi) is 12.0. The normalized spacial score (nSPS) is 14.1. The molecule has 0 saturated carbocycles. The van der Waals surface area contributed by atoms with Crippen molar-refractivity contribution in [2.75, 3.05) is 33.5 Å². The van der Waals surface area contributed by atoms with E-state index in [1.54, 1.807) is 7.11 Å². The van der Waals surface area contributed by atoms with Crippen LogP contribution in [0.3, 0.4) is 0 Å². The smallest absolute Gasteiger partial charge is 0.308 e. The number of methoxy groups -OCH3 is 1. The van der Waals surface area contributed by atoms with Crippen molar-refractivity contribution in [1.29, 1.82) is 0 Å². The minimum atomic E-state index is -0.124. The highest BCUT2D eigenvalue weighted by Gasteiger charge is 2.13. The SMILES string of the molecule is COCCOCCCOC(=O)C(C)CCCC(C)N. The van der Waals surface area contributed by atoms with E-state index in [-0.39, 0.29) is 17.9 Å². The lowest BCUT2D eigenvalue weighted by atomic mass is 10.0. The van der Waals surface area contributed by atoms with E-state index in [2.05, 4.69) is 0 Å². The molecule has 0 aliphatic rings. The molecule has 0 aliphatic carbocycles. The van der Waals surface area contributed by atoms with Crippen molar-refractivity contribution in [3.05, 3.63) is 0 Å². The van der Waals surface area contributed by atoms with E-state index in [1.165, 1.54) is 0 Å². The Morgan fingerprint density at radius 1 is 1.05 bits per heavy atom. The molecule has 2 unspecified atom stereocenters. The molecule has 0 spiro atoms. The summed E-state index contributed by atoms with van der Waals surface area (Å²) in [7, 11) is 1.64. The summed E-state index contributed by atoms with van der Waals surface area (Å²) in [6.45, 7) is 6.07. The van der Waals surface area contributed by atoms with Crippen molar-refractivity contribution in [3.63, 3.8) is 0 Å². The number of carbonyl (C=O) groups is 1. The van der Waals surface area contributed by atoms with E-state index >= 15 is 0 Å². The average molecular weight is 275 g/mol. The second kappa shape index (κ2) is 12.4. The van der Waals surface area contributed by atoms with Crippen molar-refractivity contribution in [2.24, 2.45) is 11.7 Å². The Morgan fingerprint density at radius 2 is 1.79 bits per heavy atom. The third-order valence-corrected chi connectivity index (χ3v) is 2.81. The van der Waals surface area contributed by atoms with Crippen LogP contribution < -0.4 is 5.73 Å². The number of hydrogen-bond acceptors (Lipinski definition) is 5. The van der Waals surface area contributed by atoms with E-state index in [4.69, 9.17) is 19.9 Å². The summed E-state index contributed by atoms with van der Waals surface area (Å²) in [5.74, 6) is -0.172. The number of esters is 1. The molecule has 0 aromatic heterocycles. The molecule has 0 rings (SSSR count). The van der Waals surface area contributed by atoms with Gasteiger partial charge in [-0.1, -0.05) is 13.3 Å². The summed E-state index contributed by atoms with van der Waals surface area (Å²) in [5, 5.41) is 0. The highest BCUT2D eigenvalue weighted by molar-refractivity contribution is 5.71. The van der Waals surface area contributed by atoms with E-state index < -0.39 is 0 Å². The lowest BCUT2D eigenvalue weighted by Crippen LogP contribution is -2.18. The maximum absolute atomic E-state index is 11.6. The molecule has 5 nitrogen and oxygen atoms in total. The van der Waals surface area contributed by atoms with Gasteiger partial charge in [0.25, 0.3) is 0 Å². The zero-order valence-electron chi connectivity index (χ0n) is 12.5. The Hall–Kier alpha value is -0.650. The van der Waals surface area contributed by atoms with Crippen LogP contribution in [0.15, 0.2) is 0 Å². The van der Waals surface area contributed by atoms with Gasteiger partial charge in [0.2, 0.25) is 0 Å². The zero-order chi connectivity index (χ0) is 14.5. The van der Waals surface area contributed by atoms with E-state index in [0.29, 0.717) is 26.4 Å². The average Bonchev–Trinajstić information content (AvgIpc) is 2.36. The molecule has 0 bridgehead atoms. The molecule has 114 valence electrons. The standard InChI is InChI=1S/C14H29NO4/c1-12(6-4-7-13(2)15)14(16)19-9-5-8-18-11-10-17-3/h12-13H,4-11,15H2,1-3H3. The predicted molar refractivity (Wildman–Crippen MR) is 74.9 cm³/mol. The Bertz CT molecular complexity index is 221.